The lowest BCUT2D eigenvalue weighted by Gasteiger charge is -2.19. The van der Waals surface area contributed by atoms with E-state index in [1.54, 1.807) is 39.2 Å². The molecule has 32 nitrogen and oxygen atoms in total. The smallest absolute Gasteiger partial charge is 0.349 e. The van der Waals surface area contributed by atoms with Crippen molar-refractivity contribution in [3.63, 3.8) is 0 Å². The van der Waals surface area contributed by atoms with E-state index in [4.69, 9.17) is 23.8 Å². The number of sulfone groups is 1. The summed E-state index contributed by atoms with van der Waals surface area (Å²) in [5.74, 6) is -2.01. The van der Waals surface area contributed by atoms with E-state index in [0.717, 1.165) is 67.1 Å². The van der Waals surface area contributed by atoms with Gasteiger partial charge in [0.2, 0.25) is 11.8 Å². The zero-order valence-corrected chi connectivity index (χ0v) is 63.0. The Kier molecular flexibility index (Phi) is 25.8. The zero-order chi connectivity index (χ0) is 77.0. The van der Waals surface area contributed by atoms with Gasteiger partial charge in [-0.05, 0) is 149 Å². The molecule has 1 saturated carbocycles. The lowest BCUT2D eigenvalue weighted by atomic mass is 9.91. The minimum Gasteiger partial charge on any atom is -0.496 e. The summed E-state index contributed by atoms with van der Waals surface area (Å²) in [4.78, 5) is 115. The second kappa shape index (κ2) is 33.8. The predicted octanol–water partition coefficient (Wildman–Crippen LogP) is 6.77. The Morgan fingerprint density at radius 3 is 1.94 bits per heavy atom. The van der Waals surface area contributed by atoms with Gasteiger partial charge in [-0.15, -0.1) is 11.3 Å². The number of methoxy groups -OCH3 is 3. The van der Waals surface area contributed by atoms with Crippen LogP contribution in [0.15, 0.2) is 120 Å². The first-order chi connectivity index (χ1) is 49.6. The van der Waals surface area contributed by atoms with Crippen LogP contribution in [-0.2, 0) is 82.0 Å². The van der Waals surface area contributed by atoms with E-state index in [2.05, 4.69) is 73.5 Å². The van der Waals surface area contributed by atoms with Crippen molar-refractivity contribution in [1.29, 1.82) is 0 Å². The summed E-state index contributed by atoms with van der Waals surface area (Å²) in [6, 6.07) is 19.0. The molecule has 0 radical (unpaired) electrons. The molecule has 6 heterocycles. The maximum atomic E-state index is 13.5. The maximum Gasteiger partial charge on any atom is 0.349 e. The second-order valence-corrected chi connectivity index (χ2v) is 31.0. The van der Waals surface area contributed by atoms with E-state index >= 15 is 0 Å². The van der Waals surface area contributed by atoms with Gasteiger partial charge < -0.3 is 38.9 Å². The van der Waals surface area contributed by atoms with Crippen molar-refractivity contribution < 1.29 is 82.5 Å². The number of fused-ring (bicyclic) bond motifs is 1. The van der Waals surface area contributed by atoms with Gasteiger partial charge in [-0.3, -0.25) is 38.8 Å². The molecule has 8 aromatic rings. The number of aryl methyl sites for hydroxylation is 5. The molecule has 0 saturated heterocycles. The molecular formula is C69H80N12O20S4. The number of benzene rings is 4. The number of carbonyl (C=O) groups excluding carboxylic acids is 6. The highest BCUT2D eigenvalue weighted by Crippen LogP contribution is 2.37. The van der Waals surface area contributed by atoms with E-state index in [0.29, 0.717) is 73.2 Å². The number of aromatic nitrogens is 7. The van der Waals surface area contributed by atoms with Crippen molar-refractivity contribution >= 4 is 88.4 Å². The number of para-hydroxylation sites is 1. The van der Waals surface area contributed by atoms with Gasteiger partial charge in [-0.25, -0.2) is 53.7 Å². The molecule has 5 N–H and O–H groups in total. The predicted molar refractivity (Wildman–Crippen MR) is 385 cm³/mol. The Balaban J connectivity index is 0.000000177. The Bertz CT molecular complexity index is 5140. The molecular weight excluding hydrogens is 1450 g/mol. The second-order valence-electron chi connectivity index (χ2n) is 24.8. The number of hydrogen-bond donors (Lipinski definition) is 5. The van der Waals surface area contributed by atoms with E-state index in [1.165, 1.54) is 98.5 Å². The molecule has 11 rings (SSSR count). The number of nitrogens with one attached hydrogen (secondary N) is 5. The van der Waals surface area contributed by atoms with Crippen molar-refractivity contribution in [1.82, 2.24) is 48.9 Å². The molecule has 105 heavy (non-hydrogen) atoms. The minimum atomic E-state index is -4.30. The highest BCUT2D eigenvalue weighted by molar-refractivity contribution is 7.91. The van der Waals surface area contributed by atoms with Gasteiger partial charge in [0.05, 0.1) is 74.1 Å². The molecule has 2 aliphatic heterocycles. The number of anilines is 1. The Hall–Kier alpha value is -10.7. The zero-order valence-electron chi connectivity index (χ0n) is 59.7. The number of oxime groups is 1. The summed E-state index contributed by atoms with van der Waals surface area (Å²) in [6.07, 6.45) is 6.41. The summed E-state index contributed by atoms with van der Waals surface area (Å²) in [5, 5.41) is 12.9. The lowest BCUT2D eigenvalue weighted by molar-refractivity contribution is -0.143. The van der Waals surface area contributed by atoms with Gasteiger partial charge in [0.1, 0.15) is 39.1 Å². The van der Waals surface area contributed by atoms with Crippen LogP contribution in [-0.4, -0.2) is 154 Å². The average Bonchev–Trinajstić information content (AvgIpc) is 1.67. The van der Waals surface area contributed by atoms with Gasteiger partial charge in [-0.2, -0.15) is 15.0 Å². The fourth-order valence-electron chi connectivity index (χ4n) is 10.7. The number of H-pyrrole nitrogens is 1. The number of amides is 4. The van der Waals surface area contributed by atoms with E-state index in [-0.39, 0.29) is 83.3 Å². The molecule has 1 fully saturated rings. The van der Waals surface area contributed by atoms with E-state index < -0.39 is 64.5 Å². The Morgan fingerprint density at radius 2 is 1.37 bits per heavy atom. The fourth-order valence-corrected chi connectivity index (χ4v) is 14.8. The summed E-state index contributed by atoms with van der Waals surface area (Å²) < 4.78 is 108. The van der Waals surface area contributed by atoms with Crippen LogP contribution in [0.25, 0.3) is 11.1 Å². The molecule has 1 aliphatic carbocycles. The van der Waals surface area contributed by atoms with Crippen LogP contribution < -0.4 is 45.4 Å². The summed E-state index contributed by atoms with van der Waals surface area (Å²) in [5.41, 5.74) is 5.58. The van der Waals surface area contributed by atoms with Crippen LogP contribution in [0.4, 0.5) is 10.7 Å². The van der Waals surface area contributed by atoms with Gasteiger partial charge in [0.15, 0.2) is 15.6 Å². The van der Waals surface area contributed by atoms with Crippen LogP contribution in [0.5, 0.6) is 17.6 Å². The van der Waals surface area contributed by atoms with Gasteiger partial charge in [-0.1, -0.05) is 48.8 Å². The lowest BCUT2D eigenvalue weighted by Crippen LogP contribution is -2.35. The molecule has 36 heteroatoms. The molecule has 0 atom stereocenters. The van der Waals surface area contributed by atoms with Crippen molar-refractivity contribution in [3.05, 3.63) is 172 Å². The number of ether oxygens (including phenoxy) is 5. The van der Waals surface area contributed by atoms with Crippen LogP contribution in [0, 0.1) is 26.2 Å². The van der Waals surface area contributed by atoms with Gasteiger partial charge >= 0.3 is 24.0 Å². The third-order valence-electron chi connectivity index (χ3n) is 16.1. The van der Waals surface area contributed by atoms with Crippen molar-refractivity contribution in [3.8, 4) is 28.8 Å². The first-order valence-corrected chi connectivity index (χ1v) is 38.3. The molecule has 0 bridgehead atoms. The van der Waals surface area contributed by atoms with Crippen LogP contribution in [0.2, 0.25) is 0 Å². The number of thiophene rings is 1. The van der Waals surface area contributed by atoms with Gasteiger partial charge in [0.25, 0.3) is 43.0 Å². The van der Waals surface area contributed by atoms with E-state index in [1.807, 2.05) is 25.5 Å². The van der Waals surface area contributed by atoms with Crippen LogP contribution >= 0.6 is 11.3 Å². The fraction of sp³-hybridized carbons (Fsp3) is 0.362. The number of ketones is 1. The third kappa shape index (κ3) is 19.4. The Labute approximate surface area is 608 Å². The average molecular weight is 1530 g/mol. The quantitative estimate of drug-likeness (QED) is 0.0412. The molecule has 4 aromatic heterocycles. The molecule has 0 spiro atoms. The first kappa shape index (κ1) is 80.0. The standard InChI is InChI=1S/C23H32N2O4.C18H18N2O5S.C16H17N3O5S.C12H13N5O6S2/c1-7-16-13-15(3)14-17(8-2)18(16)19-20(26)24-9-11-28-12-10-25(24)21(19)29-22(27)23(4,5)6;1-25-16-5-3-2-4-15(16)18(22)20-26(23,24)14-10-6-12(7-11-14)17(21)19-13-8-9-13;1-9-10(15(20)11-8-17-19(2)16(11)21)4-5-13(25(3,22)23)14(9)12-6-7-24-18-12;1-6-13-10(16-12(14-6)23-3)15-11(19)17-25(20,21)7-4-5-24-8(7)9(18)22-2/h13-14H,7-12H2,1-6H3;2-7,10-11,13H,8-9H2,1H3,(H,19,21)(H,20,22);4-5,8,17H,6-7H2,1-3H3;4-5H,1-3H3,(H2,13,14,15,16,17,19). The van der Waals surface area contributed by atoms with E-state index in [9.17, 15) is 63.6 Å². The first-order valence-electron chi connectivity index (χ1n) is 32.5. The number of esters is 2. The highest BCUT2D eigenvalue weighted by Gasteiger charge is 2.34. The number of nitrogens with zero attached hydrogens (tertiary/aromatic N) is 7. The summed E-state index contributed by atoms with van der Waals surface area (Å²) in [7, 11) is -6.55. The topological polar surface area (TPSA) is 424 Å². The largest absolute Gasteiger partial charge is 0.496 e. The number of aromatic amines is 1. The summed E-state index contributed by atoms with van der Waals surface area (Å²) in [6.45, 7) is 17.1. The monoisotopic (exact) mass is 1520 g/mol. The highest BCUT2D eigenvalue weighted by atomic mass is 32.2. The maximum absolute atomic E-state index is 13.5. The van der Waals surface area contributed by atoms with Crippen molar-refractivity contribution in [2.24, 2.45) is 17.6 Å². The van der Waals surface area contributed by atoms with Crippen molar-refractivity contribution in [2.45, 2.75) is 121 Å². The van der Waals surface area contributed by atoms with Crippen LogP contribution in [0.1, 0.15) is 134 Å². The van der Waals surface area contributed by atoms with Crippen LogP contribution in [0.3, 0.4) is 0 Å². The van der Waals surface area contributed by atoms with Crippen molar-refractivity contribution in [2.75, 3.05) is 52.7 Å². The number of carbonyl (C=O) groups is 6. The molecule has 0 unspecified atom stereocenters. The number of sulfonamides is 2. The summed E-state index contributed by atoms with van der Waals surface area (Å²) >= 11 is 0.872. The SMILES string of the molecule is CCc1cc(C)cc(CC)c1-c1c(OC(=O)C(C)(C)C)n2n(c1=O)CCOCC2.COC(=O)c1sccc1S(=O)(=O)NC(=O)Nc1nc(C)nc(OC)n1.COc1ccccc1C(=O)NS(=O)(=O)c1ccc(C(=O)NC2CC2)cc1.Cc1c(C(=O)c2c[nH]n(C)c2=O)ccc(S(C)(=O)=O)c1C1=NOCC1. The third-order valence-corrected chi connectivity index (χ3v) is 20.9. The molecule has 4 amide bonds. The molecule has 3 aliphatic rings. The molecule has 560 valence electrons. The normalized spacial score (nSPS) is 13.4. The number of hydrogen-bond acceptors (Lipinski definition) is 25. The molecule has 4 aromatic carbocycles. The Morgan fingerprint density at radius 1 is 0.714 bits per heavy atom. The number of rotatable bonds is 19. The van der Waals surface area contributed by atoms with Gasteiger partial charge in [0, 0.05) is 48.7 Å². The number of urea groups is 1. The minimum absolute atomic E-state index is 0.00623.